The van der Waals surface area contributed by atoms with Crippen molar-refractivity contribution in [2.24, 2.45) is 0 Å². The number of amides is 2. The largest absolute Gasteiger partial charge is 0.497 e. The van der Waals surface area contributed by atoms with Gasteiger partial charge in [-0.3, -0.25) is 4.79 Å². The van der Waals surface area contributed by atoms with E-state index in [1.807, 2.05) is 13.0 Å². The highest BCUT2D eigenvalue weighted by atomic mass is 16.5. The minimum absolute atomic E-state index is 0.0779. The Morgan fingerprint density at radius 2 is 2.11 bits per heavy atom. The molecule has 1 aromatic rings. The van der Waals surface area contributed by atoms with Gasteiger partial charge in [0.05, 0.1) is 13.5 Å². The maximum absolute atomic E-state index is 11.8. The molecular formula is C13H18N2O4. The maximum Gasteiger partial charge on any atom is 0.321 e. The fourth-order valence-corrected chi connectivity index (χ4v) is 1.48. The molecule has 0 heterocycles. The van der Waals surface area contributed by atoms with E-state index < -0.39 is 5.97 Å². The number of urea groups is 1. The summed E-state index contributed by atoms with van der Waals surface area (Å²) in [5, 5.41) is 11.3. The first kappa shape index (κ1) is 14.8. The van der Waals surface area contributed by atoms with Crippen LogP contribution in [0, 0.1) is 6.92 Å². The summed E-state index contributed by atoms with van der Waals surface area (Å²) in [5.74, 6) is -0.213. The lowest BCUT2D eigenvalue weighted by molar-refractivity contribution is -0.137. The number of hydrogen-bond acceptors (Lipinski definition) is 3. The molecule has 0 atom stereocenters. The van der Waals surface area contributed by atoms with Crippen LogP contribution in [0.3, 0.4) is 0 Å². The Morgan fingerprint density at radius 1 is 1.42 bits per heavy atom. The van der Waals surface area contributed by atoms with Gasteiger partial charge in [0.1, 0.15) is 5.75 Å². The zero-order chi connectivity index (χ0) is 14.4. The Bertz CT molecular complexity index is 474. The summed E-state index contributed by atoms with van der Waals surface area (Å²) in [6.07, 6.45) is -0.0779. The van der Waals surface area contributed by atoms with E-state index >= 15 is 0 Å². The highest BCUT2D eigenvalue weighted by molar-refractivity contribution is 5.90. The van der Waals surface area contributed by atoms with Gasteiger partial charge in [0.15, 0.2) is 0 Å². The van der Waals surface area contributed by atoms with E-state index in [1.54, 1.807) is 26.3 Å². The van der Waals surface area contributed by atoms with Crippen LogP contribution >= 0.6 is 0 Å². The Morgan fingerprint density at radius 3 is 2.63 bits per heavy atom. The minimum Gasteiger partial charge on any atom is -0.497 e. The summed E-state index contributed by atoms with van der Waals surface area (Å²) in [4.78, 5) is 23.6. The number of carbonyl (C=O) groups excluding carboxylic acids is 1. The number of nitrogens with zero attached hydrogens (tertiary/aromatic N) is 1. The van der Waals surface area contributed by atoms with Gasteiger partial charge in [-0.1, -0.05) is 0 Å². The number of aliphatic carboxylic acids is 1. The average molecular weight is 266 g/mol. The van der Waals surface area contributed by atoms with E-state index in [9.17, 15) is 9.59 Å². The van der Waals surface area contributed by atoms with Gasteiger partial charge in [-0.2, -0.15) is 0 Å². The molecule has 0 fully saturated rings. The topological polar surface area (TPSA) is 78.9 Å². The van der Waals surface area contributed by atoms with Crippen molar-refractivity contribution in [3.8, 4) is 5.75 Å². The number of carbonyl (C=O) groups is 2. The monoisotopic (exact) mass is 266 g/mol. The molecule has 0 aromatic heterocycles. The first-order valence-corrected chi connectivity index (χ1v) is 5.82. The molecule has 2 N–H and O–H groups in total. The van der Waals surface area contributed by atoms with E-state index in [-0.39, 0.29) is 19.0 Å². The predicted molar refractivity (Wildman–Crippen MR) is 71.6 cm³/mol. The molecule has 6 heteroatoms. The van der Waals surface area contributed by atoms with Crippen molar-refractivity contribution in [1.82, 2.24) is 4.90 Å². The van der Waals surface area contributed by atoms with Crippen molar-refractivity contribution in [3.63, 3.8) is 0 Å². The molecule has 0 spiro atoms. The summed E-state index contributed by atoms with van der Waals surface area (Å²) in [6, 6.07) is 4.97. The third-order valence-electron chi connectivity index (χ3n) is 2.68. The molecule has 0 aliphatic carbocycles. The number of aryl methyl sites for hydroxylation is 1. The highest BCUT2D eigenvalue weighted by Gasteiger charge is 2.11. The van der Waals surface area contributed by atoms with E-state index in [2.05, 4.69) is 5.32 Å². The van der Waals surface area contributed by atoms with Crippen LogP contribution in [0.15, 0.2) is 18.2 Å². The first-order chi connectivity index (χ1) is 8.93. The maximum atomic E-state index is 11.8. The van der Waals surface area contributed by atoms with Gasteiger partial charge >= 0.3 is 12.0 Å². The Hall–Kier alpha value is -2.24. The van der Waals surface area contributed by atoms with Gasteiger partial charge in [-0.05, 0) is 30.7 Å². The van der Waals surface area contributed by atoms with Crippen molar-refractivity contribution < 1.29 is 19.4 Å². The van der Waals surface area contributed by atoms with Crippen LogP contribution in [0.1, 0.15) is 12.0 Å². The number of methoxy groups -OCH3 is 1. The standard InChI is InChI=1S/C13H18N2O4/c1-9-8-10(19-3)4-5-11(9)14-13(18)15(2)7-6-12(16)17/h4-5,8H,6-7H2,1-3H3,(H,14,18)(H,16,17). The number of benzene rings is 1. The molecular weight excluding hydrogens is 248 g/mol. The highest BCUT2D eigenvalue weighted by Crippen LogP contribution is 2.21. The van der Waals surface area contributed by atoms with Gasteiger partial charge < -0.3 is 20.1 Å². The second-order valence-corrected chi connectivity index (χ2v) is 4.18. The molecule has 19 heavy (non-hydrogen) atoms. The van der Waals surface area contributed by atoms with Gasteiger partial charge in [0.2, 0.25) is 0 Å². The van der Waals surface area contributed by atoms with Crippen LogP contribution in [0.2, 0.25) is 0 Å². The normalized spacial score (nSPS) is 9.84. The van der Waals surface area contributed by atoms with Crippen molar-refractivity contribution >= 4 is 17.7 Å². The van der Waals surface area contributed by atoms with Crippen molar-refractivity contribution in [2.45, 2.75) is 13.3 Å². The number of hydrogen-bond donors (Lipinski definition) is 2. The van der Waals surface area contributed by atoms with Crippen LogP contribution in [0.5, 0.6) is 5.75 Å². The number of nitrogens with one attached hydrogen (secondary N) is 1. The third-order valence-corrected chi connectivity index (χ3v) is 2.68. The number of ether oxygens (including phenoxy) is 1. The fourth-order valence-electron chi connectivity index (χ4n) is 1.48. The van der Waals surface area contributed by atoms with E-state index in [4.69, 9.17) is 9.84 Å². The van der Waals surface area contributed by atoms with Gasteiger partial charge in [0.25, 0.3) is 0 Å². The van der Waals surface area contributed by atoms with Crippen LogP contribution in [-0.2, 0) is 4.79 Å². The average Bonchev–Trinajstić information content (AvgIpc) is 2.37. The molecule has 1 rings (SSSR count). The van der Waals surface area contributed by atoms with Crippen LogP contribution < -0.4 is 10.1 Å². The number of carboxylic acid groups (broad SMARTS) is 1. The molecule has 0 unspecified atom stereocenters. The van der Waals surface area contributed by atoms with Crippen LogP contribution in [0.25, 0.3) is 0 Å². The molecule has 6 nitrogen and oxygen atoms in total. The molecule has 0 aliphatic rings. The molecule has 0 radical (unpaired) electrons. The summed E-state index contributed by atoms with van der Waals surface area (Å²) in [5.41, 5.74) is 1.55. The molecule has 0 saturated heterocycles. The number of anilines is 1. The van der Waals surface area contributed by atoms with Gasteiger partial charge in [-0.25, -0.2) is 4.79 Å². The Labute approximate surface area is 112 Å². The SMILES string of the molecule is COc1ccc(NC(=O)N(C)CCC(=O)O)c(C)c1. The second-order valence-electron chi connectivity index (χ2n) is 4.18. The lowest BCUT2D eigenvalue weighted by atomic mass is 10.2. The van der Waals surface area contributed by atoms with Crippen molar-refractivity contribution in [1.29, 1.82) is 0 Å². The number of rotatable bonds is 5. The summed E-state index contributed by atoms with van der Waals surface area (Å²) < 4.78 is 5.08. The second kappa shape index (κ2) is 6.63. The predicted octanol–water partition coefficient (Wildman–Crippen LogP) is 1.94. The van der Waals surface area contributed by atoms with Crippen LogP contribution in [0.4, 0.5) is 10.5 Å². The number of carboxylic acids is 1. The van der Waals surface area contributed by atoms with Gasteiger partial charge in [0, 0.05) is 19.3 Å². The Balaban J connectivity index is 2.63. The fraction of sp³-hybridized carbons (Fsp3) is 0.385. The van der Waals surface area contributed by atoms with Crippen molar-refractivity contribution in [3.05, 3.63) is 23.8 Å². The molecule has 1 aromatic carbocycles. The summed E-state index contributed by atoms with van der Waals surface area (Å²) in [6.45, 7) is 2.02. The lowest BCUT2D eigenvalue weighted by Gasteiger charge is -2.18. The van der Waals surface area contributed by atoms with Crippen LogP contribution in [-0.4, -0.2) is 42.7 Å². The Kier molecular flexibility index (Phi) is 5.17. The lowest BCUT2D eigenvalue weighted by Crippen LogP contribution is -2.33. The van der Waals surface area contributed by atoms with E-state index in [0.29, 0.717) is 5.69 Å². The molecule has 2 amide bonds. The summed E-state index contributed by atoms with van der Waals surface area (Å²) >= 11 is 0. The van der Waals surface area contributed by atoms with E-state index in [0.717, 1.165) is 11.3 Å². The molecule has 0 saturated carbocycles. The third kappa shape index (κ3) is 4.50. The summed E-state index contributed by atoms with van der Waals surface area (Å²) in [7, 11) is 3.13. The smallest absolute Gasteiger partial charge is 0.321 e. The zero-order valence-corrected chi connectivity index (χ0v) is 11.3. The first-order valence-electron chi connectivity index (χ1n) is 5.82. The van der Waals surface area contributed by atoms with Gasteiger partial charge in [-0.15, -0.1) is 0 Å². The molecule has 0 aliphatic heterocycles. The van der Waals surface area contributed by atoms with E-state index in [1.165, 1.54) is 4.90 Å². The molecule has 0 bridgehead atoms. The quantitative estimate of drug-likeness (QED) is 0.853. The molecule has 104 valence electrons. The minimum atomic E-state index is -0.930. The van der Waals surface area contributed by atoms with Crippen molar-refractivity contribution in [2.75, 3.05) is 26.0 Å². The zero-order valence-electron chi connectivity index (χ0n) is 11.3.